The SMILES string of the molecule is C=C(BC(CC)C(C)(C)C)C(C)(BC(C)(C)CCC)CC. The molecule has 0 spiro atoms. The number of allylic oxidation sites excluding steroid dienone is 1. The van der Waals surface area contributed by atoms with Crippen LogP contribution in [0.15, 0.2) is 12.1 Å². The molecule has 0 aliphatic carbocycles. The molecule has 0 radical (unpaired) electrons. The van der Waals surface area contributed by atoms with E-state index in [1.807, 2.05) is 0 Å². The Hall–Kier alpha value is -0.130. The van der Waals surface area contributed by atoms with Gasteiger partial charge in [-0.25, -0.2) is 0 Å². The largest absolute Gasteiger partial charge is 0.155 e. The summed E-state index contributed by atoms with van der Waals surface area (Å²) in [6.07, 6.45) is 5.05. The van der Waals surface area contributed by atoms with Gasteiger partial charge in [0.25, 0.3) is 0 Å². The Morgan fingerprint density at radius 3 is 1.86 bits per heavy atom. The number of rotatable bonds is 9. The second-order valence-electron chi connectivity index (χ2n) is 9.28. The van der Waals surface area contributed by atoms with Gasteiger partial charge in [0.05, 0.1) is 0 Å². The predicted molar refractivity (Wildman–Crippen MR) is 105 cm³/mol. The van der Waals surface area contributed by atoms with Crippen molar-refractivity contribution in [3.63, 3.8) is 0 Å². The first-order valence-electron chi connectivity index (χ1n) is 9.10. The molecule has 0 aliphatic rings. The van der Waals surface area contributed by atoms with Crippen molar-refractivity contribution in [1.82, 2.24) is 0 Å². The lowest BCUT2D eigenvalue weighted by Crippen LogP contribution is -2.32. The van der Waals surface area contributed by atoms with Gasteiger partial charge < -0.3 is 0 Å². The van der Waals surface area contributed by atoms with Crippen LogP contribution in [0.4, 0.5) is 0 Å². The fourth-order valence-corrected chi connectivity index (χ4v) is 3.93. The summed E-state index contributed by atoms with van der Waals surface area (Å²) < 4.78 is 0. The zero-order valence-electron chi connectivity index (χ0n) is 16.5. The zero-order valence-corrected chi connectivity index (χ0v) is 16.5. The lowest BCUT2D eigenvalue weighted by atomic mass is 9.31. The molecule has 0 aromatic carbocycles. The van der Waals surface area contributed by atoms with Gasteiger partial charge in [-0.2, -0.15) is 0 Å². The molecule has 0 aliphatic heterocycles. The summed E-state index contributed by atoms with van der Waals surface area (Å²) in [7, 11) is 2.45. The minimum atomic E-state index is 0.289. The van der Waals surface area contributed by atoms with Crippen LogP contribution in [-0.4, -0.2) is 14.6 Å². The summed E-state index contributed by atoms with van der Waals surface area (Å²) in [5, 5.41) is 0.712. The molecule has 122 valence electrons. The molecule has 2 atom stereocenters. The molecule has 2 unspecified atom stereocenters. The average Bonchev–Trinajstić information content (AvgIpc) is 2.33. The zero-order chi connectivity index (χ0) is 16.9. The summed E-state index contributed by atoms with van der Waals surface area (Å²) in [4.78, 5) is 0. The maximum atomic E-state index is 4.54. The molecule has 0 saturated carbocycles. The summed E-state index contributed by atoms with van der Waals surface area (Å²) in [6.45, 7) is 25.9. The van der Waals surface area contributed by atoms with Crippen molar-refractivity contribution in [1.29, 1.82) is 0 Å². The quantitative estimate of drug-likeness (QED) is 0.443. The molecule has 0 N–H and O–H groups in total. The van der Waals surface area contributed by atoms with Crippen molar-refractivity contribution in [3.8, 4) is 0 Å². The Kier molecular flexibility index (Phi) is 7.88. The first kappa shape index (κ1) is 20.9. The van der Waals surface area contributed by atoms with Gasteiger partial charge in [-0.1, -0.05) is 99.1 Å². The third-order valence-corrected chi connectivity index (χ3v) is 5.64. The van der Waals surface area contributed by atoms with E-state index in [0.717, 1.165) is 5.82 Å². The van der Waals surface area contributed by atoms with E-state index in [-0.39, 0.29) is 5.31 Å². The van der Waals surface area contributed by atoms with Crippen LogP contribution in [-0.2, 0) is 0 Å². The maximum absolute atomic E-state index is 4.54. The normalized spacial score (nSPS) is 17.0. The Morgan fingerprint density at radius 1 is 1.00 bits per heavy atom. The van der Waals surface area contributed by atoms with E-state index in [4.69, 9.17) is 0 Å². The van der Waals surface area contributed by atoms with Crippen LogP contribution in [0.25, 0.3) is 0 Å². The van der Waals surface area contributed by atoms with Gasteiger partial charge in [-0.15, -0.1) is 12.1 Å². The minimum Gasteiger partial charge on any atom is -0.114 e. The monoisotopic (exact) mass is 290 g/mol. The summed E-state index contributed by atoms with van der Waals surface area (Å²) >= 11 is 0. The van der Waals surface area contributed by atoms with E-state index in [2.05, 4.69) is 68.9 Å². The van der Waals surface area contributed by atoms with Crippen LogP contribution in [0.1, 0.15) is 88.0 Å². The van der Waals surface area contributed by atoms with Gasteiger partial charge in [-0.3, -0.25) is 0 Å². The first-order chi connectivity index (χ1) is 9.41. The van der Waals surface area contributed by atoms with Gasteiger partial charge in [0.1, 0.15) is 7.28 Å². The highest BCUT2D eigenvalue weighted by Crippen LogP contribution is 2.47. The Labute approximate surface area is 137 Å². The predicted octanol–water partition coefficient (Wildman–Crippen LogP) is 6.20. The highest BCUT2D eigenvalue weighted by Gasteiger charge is 2.36. The van der Waals surface area contributed by atoms with Gasteiger partial charge in [-0.05, 0) is 10.7 Å². The molecule has 0 amide bonds. The van der Waals surface area contributed by atoms with Crippen molar-refractivity contribution in [2.24, 2.45) is 5.41 Å². The lowest BCUT2D eigenvalue weighted by Gasteiger charge is -2.40. The molecular formula is C19H40B2. The summed E-state index contributed by atoms with van der Waals surface area (Å²) in [5.74, 6) is 0.741. The van der Waals surface area contributed by atoms with Crippen molar-refractivity contribution < 1.29 is 0 Å². The number of hydrogen-bond donors (Lipinski definition) is 0. The molecule has 0 bridgehead atoms. The maximum Gasteiger partial charge on any atom is 0.155 e. The van der Waals surface area contributed by atoms with E-state index >= 15 is 0 Å². The van der Waals surface area contributed by atoms with Crippen LogP contribution >= 0.6 is 0 Å². The lowest BCUT2D eigenvalue weighted by molar-refractivity contribution is 0.370. The molecule has 0 heterocycles. The Balaban J connectivity index is 5.04. The van der Waals surface area contributed by atoms with Crippen LogP contribution in [0.3, 0.4) is 0 Å². The number of hydrogen-bond acceptors (Lipinski definition) is 0. The molecule has 2 heteroatoms. The van der Waals surface area contributed by atoms with E-state index in [0.29, 0.717) is 10.7 Å². The second-order valence-corrected chi connectivity index (χ2v) is 9.28. The molecular weight excluding hydrogens is 250 g/mol. The molecule has 0 nitrogen and oxygen atoms in total. The van der Waals surface area contributed by atoms with E-state index in [1.165, 1.54) is 45.7 Å². The fourth-order valence-electron chi connectivity index (χ4n) is 3.93. The third kappa shape index (κ3) is 6.66. The average molecular weight is 290 g/mol. The summed E-state index contributed by atoms with van der Waals surface area (Å²) in [5.41, 5.74) is 1.86. The smallest absolute Gasteiger partial charge is 0.114 e. The first-order valence-corrected chi connectivity index (χ1v) is 9.10. The van der Waals surface area contributed by atoms with Crippen LogP contribution in [0, 0.1) is 5.41 Å². The fraction of sp³-hybridized carbons (Fsp3) is 0.895. The molecule has 0 aromatic heterocycles. The van der Waals surface area contributed by atoms with Gasteiger partial charge in [0.15, 0.2) is 7.28 Å². The van der Waals surface area contributed by atoms with E-state index in [9.17, 15) is 0 Å². The Bertz CT molecular complexity index is 325. The minimum absolute atomic E-state index is 0.289. The second kappa shape index (κ2) is 7.93. The van der Waals surface area contributed by atoms with Crippen molar-refractivity contribution in [2.75, 3.05) is 0 Å². The third-order valence-electron chi connectivity index (χ3n) is 5.64. The van der Waals surface area contributed by atoms with Crippen LogP contribution in [0.2, 0.25) is 16.4 Å². The molecule has 0 saturated heterocycles. The van der Waals surface area contributed by atoms with Gasteiger partial charge >= 0.3 is 0 Å². The standard InChI is InChI=1S/C19H40B2/c1-11-14-18(8,9)21-19(10,13-3)15(4)20-16(12-2)17(5,6)7/h16,20-21H,4,11-14H2,1-3,5-10H3. The van der Waals surface area contributed by atoms with E-state index < -0.39 is 0 Å². The van der Waals surface area contributed by atoms with E-state index in [1.54, 1.807) is 0 Å². The van der Waals surface area contributed by atoms with Crippen molar-refractivity contribution >= 4 is 14.6 Å². The van der Waals surface area contributed by atoms with Crippen LogP contribution < -0.4 is 0 Å². The molecule has 0 rings (SSSR count). The molecule has 0 aromatic rings. The molecule has 0 fully saturated rings. The molecule has 21 heavy (non-hydrogen) atoms. The van der Waals surface area contributed by atoms with Crippen molar-refractivity contribution in [2.45, 2.75) is 104 Å². The highest BCUT2D eigenvalue weighted by molar-refractivity contribution is 6.55. The highest BCUT2D eigenvalue weighted by atomic mass is 14.3. The summed E-state index contributed by atoms with van der Waals surface area (Å²) in [6, 6.07) is 0. The topological polar surface area (TPSA) is 0 Å². The van der Waals surface area contributed by atoms with Gasteiger partial charge in [0, 0.05) is 0 Å². The Morgan fingerprint density at radius 2 is 1.52 bits per heavy atom. The van der Waals surface area contributed by atoms with Crippen LogP contribution in [0.5, 0.6) is 0 Å². The van der Waals surface area contributed by atoms with Crippen molar-refractivity contribution in [3.05, 3.63) is 12.1 Å². The van der Waals surface area contributed by atoms with Gasteiger partial charge in [0.2, 0.25) is 0 Å².